The fourth-order valence-corrected chi connectivity index (χ4v) is 4.83. The third-order valence-corrected chi connectivity index (χ3v) is 6.55. The first-order valence-electron chi connectivity index (χ1n) is 10.6. The van der Waals surface area contributed by atoms with Crippen molar-refractivity contribution in [1.82, 2.24) is 10.2 Å². The molecular formula is C24H33N3O4S. The van der Waals surface area contributed by atoms with E-state index in [1.165, 1.54) is 11.9 Å². The average Bonchev–Trinajstić information content (AvgIpc) is 2.71. The minimum Gasteiger partial charge on any atom is -0.357 e. The molecule has 0 spiro atoms. The zero-order chi connectivity index (χ0) is 24.1. The molecule has 2 amide bonds. The topological polar surface area (TPSA) is 86.8 Å². The van der Waals surface area contributed by atoms with Crippen LogP contribution in [0, 0.1) is 20.8 Å². The number of sulfonamides is 1. The summed E-state index contributed by atoms with van der Waals surface area (Å²) in [4.78, 5) is 27.6. The minimum absolute atomic E-state index is 0.205. The first-order chi connectivity index (χ1) is 15.0. The summed E-state index contributed by atoms with van der Waals surface area (Å²) in [5.41, 5.74) is 3.92. The highest BCUT2D eigenvalue weighted by Gasteiger charge is 2.32. The Morgan fingerprint density at radius 2 is 1.62 bits per heavy atom. The molecule has 0 saturated heterocycles. The molecule has 2 rings (SSSR count). The number of carbonyl (C=O) groups is 2. The van der Waals surface area contributed by atoms with E-state index >= 15 is 0 Å². The van der Waals surface area contributed by atoms with Crippen LogP contribution in [-0.4, -0.2) is 51.0 Å². The number of benzene rings is 2. The number of carbonyl (C=O) groups excluding carboxylic acids is 2. The summed E-state index contributed by atoms with van der Waals surface area (Å²) in [7, 11) is -2.22. The van der Waals surface area contributed by atoms with Crippen molar-refractivity contribution in [2.45, 2.75) is 46.7 Å². The van der Waals surface area contributed by atoms with Crippen LogP contribution in [0.2, 0.25) is 0 Å². The number of likely N-dealkylation sites (N-methyl/N-ethyl adjacent to an activating group) is 1. The molecule has 7 nitrogen and oxygen atoms in total. The number of amides is 2. The highest BCUT2D eigenvalue weighted by Crippen LogP contribution is 2.27. The van der Waals surface area contributed by atoms with Crippen molar-refractivity contribution in [1.29, 1.82) is 0 Å². The van der Waals surface area contributed by atoms with Gasteiger partial charge in [-0.2, -0.15) is 0 Å². The molecule has 0 aromatic heterocycles. The molecule has 0 aliphatic carbocycles. The number of rotatable bonds is 9. The van der Waals surface area contributed by atoms with E-state index in [1.807, 2.05) is 70.2 Å². The molecular weight excluding hydrogens is 426 g/mol. The van der Waals surface area contributed by atoms with Gasteiger partial charge in [0.15, 0.2) is 0 Å². The van der Waals surface area contributed by atoms with Crippen molar-refractivity contribution in [2.24, 2.45) is 0 Å². The van der Waals surface area contributed by atoms with E-state index in [4.69, 9.17) is 0 Å². The van der Waals surface area contributed by atoms with Crippen LogP contribution in [0.3, 0.4) is 0 Å². The van der Waals surface area contributed by atoms with Gasteiger partial charge in [-0.25, -0.2) is 8.42 Å². The van der Waals surface area contributed by atoms with Crippen molar-refractivity contribution in [3.05, 3.63) is 64.7 Å². The van der Waals surface area contributed by atoms with Crippen molar-refractivity contribution >= 4 is 27.5 Å². The lowest BCUT2D eigenvalue weighted by atomic mass is 10.1. The first-order valence-corrected chi connectivity index (χ1v) is 12.4. The number of aryl methyl sites for hydroxylation is 3. The lowest BCUT2D eigenvalue weighted by molar-refractivity contribution is -0.140. The van der Waals surface area contributed by atoms with E-state index in [-0.39, 0.29) is 19.0 Å². The van der Waals surface area contributed by atoms with Crippen LogP contribution in [-0.2, 0) is 26.2 Å². The van der Waals surface area contributed by atoms with Crippen molar-refractivity contribution < 1.29 is 18.0 Å². The number of nitrogens with zero attached hydrogens (tertiary/aromatic N) is 2. The van der Waals surface area contributed by atoms with Crippen molar-refractivity contribution in [3.63, 3.8) is 0 Å². The number of nitrogens with one attached hydrogen (secondary N) is 1. The summed E-state index contributed by atoms with van der Waals surface area (Å²) < 4.78 is 26.5. The number of hydrogen-bond donors (Lipinski definition) is 1. The molecule has 2 aromatic rings. The molecule has 0 radical (unpaired) electrons. The number of anilines is 1. The van der Waals surface area contributed by atoms with Gasteiger partial charge in [0.05, 0.1) is 11.9 Å². The van der Waals surface area contributed by atoms with Crippen molar-refractivity contribution in [2.75, 3.05) is 24.2 Å². The largest absolute Gasteiger partial charge is 0.357 e. The average molecular weight is 460 g/mol. The quantitative estimate of drug-likeness (QED) is 0.625. The van der Waals surface area contributed by atoms with E-state index in [9.17, 15) is 18.0 Å². The van der Waals surface area contributed by atoms with Crippen LogP contribution in [0.1, 0.15) is 35.6 Å². The molecule has 8 heteroatoms. The standard InChI is InChI=1S/C24H33N3O4S/c1-7-21(24(29)25-5)26(15-20-13-8-10-17(2)14-20)22(28)16-27(32(6,30)31)23-18(3)11-9-12-19(23)4/h8-14,21H,7,15-16H2,1-6H3,(H,25,29). The van der Waals surface area contributed by atoms with Crippen LogP contribution in [0.15, 0.2) is 42.5 Å². The molecule has 0 aliphatic heterocycles. The van der Waals surface area contributed by atoms with Crippen LogP contribution in [0.4, 0.5) is 5.69 Å². The number of para-hydroxylation sites is 1. The SMILES string of the molecule is CCC(C(=O)NC)N(Cc1cccc(C)c1)C(=O)CN(c1c(C)cccc1C)S(C)(=O)=O. The normalized spacial score (nSPS) is 12.2. The Balaban J connectivity index is 2.49. The fraction of sp³-hybridized carbons (Fsp3) is 0.417. The Hall–Kier alpha value is -2.87. The van der Waals surface area contributed by atoms with Gasteiger partial charge in [0.1, 0.15) is 12.6 Å². The second kappa shape index (κ2) is 10.6. The number of hydrogen-bond acceptors (Lipinski definition) is 4. The van der Waals surface area contributed by atoms with Gasteiger partial charge < -0.3 is 10.2 Å². The molecule has 0 heterocycles. The summed E-state index contributed by atoms with van der Waals surface area (Å²) >= 11 is 0. The lowest BCUT2D eigenvalue weighted by Crippen LogP contribution is -2.51. The molecule has 1 unspecified atom stereocenters. The molecule has 0 aliphatic rings. The molecule has 1 N–H and O–H groups in total. The van der Waals surface area contributed by atoms with E-state index < -0.39 is 22.0 Å². The predicted molar refractivity (Wildman–Crippen MR) is 128 cm³/mol. The highest BCUT2D eigenvalue weighted by molar-refractivity contribution is 7.92. The van der Waals surface area contributed by atoms with Gasteiger partial charge in [0.25, 0.3) is 0 Å². The lowest BCUT2D eigenvalue weighted by Gasteiger charge is -2.33. The Labute approximate surface area is 191 Å². The van der Waals surface area contributed by atoms with Crippen LogP contribution >= 0.6 is 0 Å². The third-order valence-electron chi connectivity index (χ3n) is 5.44. The summed E-state index contributed by atoms with van der Waals surface area (Å²) in [5.74, 6) is -0.721. The molecule has 2 aromatic carbocycles. The zero-order valence-electron chi connectivity index (χ0n) is 19.7. The van der Waals surface area contributed by atoms with E-state index in [2.05, 4.69) is 5.32 Å². The van der Waals surface area contributed by atoms with Gasteiger partial charge in [-0.3, -0.25) is 13.9 Å². The monoisotopic (exact) mass is 459 g/mol. The summed E-state index contributed by atoms with van der Waals surface area (Å²) in [5, 5.41) is 2.62. The Morgan fingerprint density at radius 3 is 2.12 bits per heavy atom. The molecule has 1 atom stereocenters. The zero-order valence-corrected chi connectivity index (χ0v) is 20.5. The molecule has 0 bridgehead atoms. The molecule has 0 saturated carbocycles. The molecule has 32 heavy (non-hydrogen) atoms. The Morgan fingerprint density at radius 1 is 1.03 bits per heavy atom. The Kier molecular flexibility index (Phi) is 8.44. The van der Waals surface area contributed by atoms with Crippen LogP contribution in [0.25, 0.3) is 0 Å². The maximum atomic E-state index is 13.5. The molecule has 0 fully saturated rings. The van der Waals surface area contributed by atoms with Gasteiger partial charge in [-0.15, -0.1) is 0 Å². The maximum absolute atomic E-state index is 13.5. The van der Waals surface area contributed by atoms with Gasteiger partial charge in [0.2, 0.25) is 21.8 Å². The fourth-order valence-electron chi connectivity index (χ4n) is 3.87. The van der Waals surface area contributed by atoms with Gasteiger partial charge in [0, 0.05) is 13.6 Å². The summed E-state index contributed by atoms with van der Waals surface area (Å²) in [6.07, 6.45) is 1.49. The van der Waals surface area contributed by atoms with Crippen LogP contribution < -0.4 is 9.62 Å². The van der Waals surface area contributed by atoms with E-state index in [0.29, 0.717) is 12.1 Å². The smallest absolute Gasteiger partial charge is 0.244 e. The van der Waals surface area contributed by atoms with Gasteiger partial charge in [-0.1, -0.05) is 55.0 Å². The minimum atomic E-state index is -3.74. The highest BCUT2D eigenvalue weighted by atomic mass is 32.2. The Bertz CT molecular complexity index is 1060. The summed E-state index contributed by atoms with van der Waals surface area (Å²) in [6.45, 7) is 7.23. The molecule has 174 valence electrons. The van der Waals surface area contributed by atoms with Gasteiger partial charge in [-0.05, 0) is 43.9 Å². The van der Waals surface area contributed by atoms with E-state index in [0.717, 1.165) is 32.8 Å². The van der Waals surface area contributed by atoms with E-state index in [1.54, 1.807) is 0 Å². The predicted octanol–water partition coefficient (Wildman–Crippen LogP) is 2.93. The summed E-state index contributed by atoms with van der Waals surface area (Å²) in [6, 6.07) is 12.5. The van der Waals surface area contributed by atoms with Crippen molar-refractivity contribution in [3.8, 4) is 0 Å². The first kappa shape index (κ1) is 25.4. The maximum Gasteiger partial charge on any atom is 0.244 e. The second-order valence-corrected chi connectivity index (χ2v) is 9.97. The third kappa shape index (κ3) is 6.09. The van der Waals surface area contributed by atoms with Crippen LogP contribution in [0.5, 0.6) is 0 Å². The second-order valence-electron chi connectivity index (χ2n) is 8.06. The van der Waals surface area contributed by atoms with Gasteiger partial charge >= 0.3 is 0 Å².